The number of carboxylic acids is 1. The molecular formula is C18H28O3. The van der Waals surface area contributed by atoms with Crippen molar-refractivity contribution in [3.8, 4) is 12.3 Å². The Morgan fingerprint density at radius 1 is 1.48 bits per heavy atom. The van der Waals surface area contributed by atoms with Gasteiger partial charge < -0.3 is 9.84 Å². The number of hydrogen-bond donors (Lipinski definition) is 1. The van der Waals surface area contributed by atoms with Gasteiger partial charge in [-0.25, -0.2) is 4.79 Å². The first-order valence-corrected chi connectivity index (χ1v) is 7.42. The lowest BCUT2D eigenvalue weighted by Gasteiger charge is -2.24. The molecule has 0 fully saturated rings. The van der Waals surface area contributed by atoms with E-state index in [-0.39, 0.29) is 5.60 Å². The molecule has 0 aliphatic carbocycles. The van der Waals surface area contributed by atoms with Gasteiger partial charge in [-0.15, -0.1) is 6.42 Å². The van der Waals surface area contributed by atoms with Crippen LogP contribution in [0.1, 0.15) is 53.4 Å². The Morgan fingerprint density at radius 3 is 2.71 bits per heavy atom. The van der Waals surface area contributed by atoms with Crippen LogP contribution in [0.3, 0.4) is 0 Å². The van der Waals surface area contributed by atoms with Crippen molar-refractivity contribution < 1.29 is 14.6 Å². The molecular weight excluding hydrogens is 264 g/mol. The molecule has 0 saturated carbocycles. The van der Waals surface area contributed by atoms with E-state index in [4.69, 9.17) is 16.3 Å². The Bertz CT molecular complexity index is 411. The molecule has 0 aliphatic heterocycles. The van der Waals surface area contributed by atoms with Crippen LogP contribution >= 0.6 is 0 Å². The Labute approximate surface area is 129 Å². The van der Waals surface area contributed by atoms with E-state index in [0.29, 0.717) is 12.5 Å². The van der Waals surface area contributed by atoms with Gasteiger partial charge >= 0.3 is 5.97 Å². The van der Waals surface area contributed by atoms with Crippen LogP contribution in [-0.2, 0) is 9.53 Å². The molecule has 0 amide bonds. The van der Waals surface area contributed by atoms with E-state index < -0.39 is 5.97 Å². The summed E-state index contributed by atoms with van der Waals surface area (Å²) in [7, 11) is 0. The van der Waals surface area contributed by atoms with Crippen LogP contribution in [0.5, 0.6) is 0 Å². The largest absolute Gasteiger partial charge is 0.478 e. The van der Waals surface area contributed by atoms with Gasteiger partial charge in [-0.3, -0.25) is 0 Å². The molecule has 21 heavy (non-hydrogen) atoms. The van der Waals surface area contributed by atoms with E-state index in [0.717, 1.165) is 31.3 Å². The summed E-state index contributed by atoms with van der Waals surface area (Å²) in [5, 5.41) is 8.61. The predicted octanol–water partition coefficient (Wildman–Crippen LogP) is 4.20. The predicted molar refractivity (Wildman–Crippen MR) is 87.0 cm³/mol. The van der Waals surface area contributed by atoms with Crippen molar-refractivity contribution in [3.05, 3.63) is 23.8 Å². The summed E-state index contributed by atoms with van der Waals surface area (Å²) >= 11 is 0. The molecule has 1 atom stereocenters. The van der Waals surface area contributed by atoms with Crippen LogP contribution in [0, 0.1) is 18.3 Å². The van der Waals surface area contributed by atoms with E-state index in [2.05, 4.69) is 26.7 Å². The van der Waals surface area contributed by atoms with Crippen LogP contribution < -0.4 is 0 Å². The first kappa shape index (κ1) is 19.5. The monoisotopic (exact) mass is 292 g/mol. The summed E-state index contributed by atoms with van der Waals surface area (Å²) in [4.78, 5) is 10.5. The maximum Gasteiger partial charge on any atom is 0.328 e. The second kappa shape index (κ2) is 10.2. The molecule has 0 heterocycles. The molecule has 0 spiro atoms. The van der Waals surface area contributed by atoms with Crippen LogP contribution in [0.4, 0.5) is 0 Å². The summed E-state index contributed by atoms with van der Waals surface area (Å²) in [5.41, 5.74) is 0.599. The number of hydrogen-bond acceptors (Lipinski definition) is 2. The van der Waals surface area contributed by atoms with E-state index in [1.54, 1.807) is 6.92 Å². The Balaban J connectivity index is 3.96. The number of carboxylic acid groups (broad SMARTS) is 1. The molecule has 0 aromatic rings. The van der Waals surface area contributed by atoms with Gasteiger partial charge in [0.05, 0.1) is 5.60 Å². The smallest absolute Gasteiger partial charge is 0.328 e. The van der Waals surface area contributed by atoms with Crippen molar-refractivity contribution in [2.45, 2.75) is 59.0 Å². The Morgan fingerprint density at radius 2 is 2.14 bits per heavy atom. The molecule has 1 N–H and O–H groups in total. The third-order valence-corrected chi connectivity index (χ3v) is 3.29. The number of allylic oxidation sites excluding steroid dienone is 3. The van der Waals surface area contributed by atoms with Gasteiger partial charge in [0.1, 0.15) is 6.61 Å². The van der Waals surface area contributed by atoms with Crippen LogP contribution in [0.25, 0.3) is 0 Å². The summed E-state index contributed by atoms with van der Waals surface area (Å²) in [6, 6.07) is 0. The standard InChI is InChI=1S/C18H28O3/c1-6-13-21-18(4,5)12-8-11-15(2)9-7-10-16(3)14-17(19)20/h1,7,10,14-15H,8-9,11-13H2,2-5H3,(H,19,20)/b10-7+,16-14+. The number of terminal acetylenes is 1. The minimum absolute atomic E-state index is 0.164. The SMILES string of the molecule is C#CCOC(C)(C)CCCC(C)C/C=C/C(C)=C/C(=O)O. The second-order valence-corrected chi connectivity index (χ2v) is 6.11. The van der Waals surface area contributed by atoms with E-state index in [9.17, 15) is 4.79 Å². The summed E-state index contributed by atoms with van der Waals surface area (Å²) in [6.45, 7) is 8.49. The molecule has 0 radical (unpaired) electrons. The highest BCUT2D eigenvalue weighted by Gasteiger charge is 2.17. The highest BCUT2D eigenvalue weighted by atomic mass is 16.5. The van der Waals surface area contributed by atoms with Crippen molar-refractivity contribution in [3.63, 3.8) is 0 Å². The molecule has 0 bridgehead atoms. The Hall–Kier alpha value is -1.53. The summed E-state index contributed by atoms with van der Waals surface area (Å²) in [6.07, 6.45) is 14.5. The molecule has 3 nitrogen and oxygen atoms in total. The van der Waals surface area contributed by atoms with Gasteiger partial charge in [0, 0.05) is 6.08 Å². The zero-order valence-corrected chi connectivity index (χ0v) is 13.7. The maximum absolute atomic E-state index is 10.5. The van der Waals surface area contributed by atoms with Crippen LogP contribution in [0.2, 0.25) is 0 Å². The van der Waals surface area contributed by atoms with Crippen LogP contribution in [0.15, 0.2) is 23.8 Å². The zero-order chi connectivity index (χ0) is 16.3. The number of ether oxygens (including phenoxy) is 1. The van der Waals surface area contributed by atoms with Gasteiger partial charge in [-0.2, -0.15) is 0 Å². The summed E-state index contributed by atoms with van der Waals surface area (Å²) < 4.78 is 5.60. The van der Waals surface area contributed by atoms with E-state index in [1.807, 2.05) is 12.2 Å². The average Bonchev–Trinajstić information content (AvgIpc) is 2.35. The highest BCUT2D eigenvalue weighted by molar-refractivity contribution is 5.81. The lowest BCUT2D eigenvalue weighted by atomic mass is 9.94. The maximum atomic E-state index is 10.5. The summed E-state index contributed by atoms with van der Waals surface area (Å²) in [5.74, 6) is 2.16. The second-order valence-electron chi connectivity index (χ2n) is 6.11. The van der Waals surface area contributed by atoms with Crippen molar-refractivity contribution in [2.75, 3.05) is 6.61 Å². The first-order valence-electron chi connectivity index (χ1n) is 7.42. The van der Waals surface area contributed by atoms with Gasteiger partial charge in [-0.05, 0) is 45.1 Å². The third-order valence-electron chi connectivity index (χ3n) is 3.29. The van der Waals surface area contributed by atoms with Gasteiger partial charge in [0.15, 0.2) is 0 Å². The number of aliphatic carboxylic acids is 1. The quantitative estimate of drug-likeness (QED) is 0.373. The molecule has 118 valence electrons. The minimum atomic E-state index is -0.903. The zero-order valence-electron chi connectivity index (χ0n) is 13.7. The molecule has 1 unspecified atom stereocenters. The van der Waals surface area contributed by atoms with Crippen molar-refractivity contribution in [2.24, 2.45) is 5.92 Å². The molecule has 0 aromatic carbocycles. The normalized spacial score (nSPS) is 14.1. The van der Waals surface area contributed by atoms with E-state index in [1.165, 1.54) is 6.08 Å². The topological polar surface area (TPSA) is 46.5 Å². The van der Waals surface area contributed by atoms with Gasteiger partial charge in [0.2, 0.25) is 0 Å². The molecule has 3 heteroatoms. The fourth-order valence-electron chi connectivity index (χ4n) is 2.03. The Kier molecular flexibility index (Phi) is 9.49. The highest BCUT2D eigenvalue weighted by Crippen LogP contribution is 2.21. The van der Waals surface area contributed by atoms with Crippen LogP contribution in [-0.4, -0.2) is 23.3 Å². The van der Waals surface area contributed by atoms with Crippen molar-refractivity contribution in [1.82, 2.24) is 0 Å². The van der Waals surface area contributed by atoms with Crippen molar-refractivity contribution >= 4 is 5.97 Å². The number of rotatable bonds is 10. The lowest BCUT2D eigenvalue weighted by molar-refractivity contribution is -0.131. The van der Waals surface area contributed by atoms with Crippen molar-refractivity contribution in [1.29, 1.82) is 0 Å². The average molecular weight is 292 g/mol. The fraction of sp³-hybridized carbons (Fsp3) is 0.611. The first-order chi connectivity index (χ1) is 9.76. The lowest BCUT2D eigenvalue weighted by Crippen LogP contribution is -2.24. The number of carbonyl (C=O) groups is 1. The molecule has 0 saturated heterocycles. The fourth-order valence-corrected chi connectivity index (χ4v) is 2.03. The molecule has 0 rings (SSSR count). The van der Waals surface area contributed by atoms with Gasteiger partial charge in [-0.1, -0.05) is 37.8 Å². The van der Waals surface area contributed by atoms with Gasteiger partial charge in [0.25, 0.3) is 0 Å². The minimum Gasteiger partial charge on any atom is -0.478 e. The third kappa shape index (κ3) is 12.0. The van der Waals surface area contributed by atoms with E-state index >= 15 is 0 Å². The molecule has 0 aliphatic rings. The molecule has 0 aromatic heterocycles.